The van der Waals surface area contributed by atoms with E-state index in [2.05, 4.69) is 4.98 Å². The average Bonchev–Trinajstić information content (AvgIpc) is 2.68. The first kappa shape index (κ1) is 12.6. The maximum Gasteiger partial charge on any atom is 0.346 e. The van der Waals surface area contributed by atoms with Crippen molar-refractivity contribution < 1.29 is 9.90 Å². The first-order valence-corrected chi connectivity index (χ1v) is 6.34. The molecule has 0 aromatic carbocycles. The number of rotatable bonds is 3. The van der Waals surface area contributed by atoms with Crippen LogP contribution < -0.4 is 11.2 Å². The van der Waals surface area contributed by atoms with Gasteiger partial charge in [0.15, 0.2) is 0 Å². The van der Waals surface area contributed by atoms with Crippen LogP contribution in [0.5, 0.6) is 0 Å². The molecule has 0 saturated carbocycles. The molecular weight excluding hydrogens is 256 g/mol. The molecule has 6 nitrogen and oxygen atoms in total. The normalized spacial score (nSPS) is 11.0. The van der Waals surface area contributed by atoms with E-state index >= 15 is 0 Å². The highest BCUT2D eigenvalue weighted by Crippen LogP contribution is 2.27. The van der Waals surface area contributed by atoms with Gasteiger partial charge in [-0.15, -0.1) is 11.3 Å². The number of thiophene rings is 1. The van der Waals surface area contributed by atoms with E-state index in [1.807, 2.05) is 0 Å². The highest BCUT2D eigenvalue weighted by atomic mass is 32.1. The average molecular weight is 268 g/mol. The fourth-order valence-corrected chi connectivity index (χ4v) is 3.08. The van der Waals surface area contributed by atoms with Crippen LogP contribution in [0.25, 0.3) is 10.2 Å². The van der Waals surface area contributed by atoms with Gasteiger partial charge in [-0.25, -0.2) is 9.59 Å². The number of nitrogens with one attached hydrogen (secondary N) is 1. The molecule has 2 heterocycles. The van der Waals surface area contributed by atoms with Gasteiger partial charge in [-0.2, -0.15) is 0 Å². The smallest absolute Gasteiger partial charge is 0.346 e. The van der Waals surface area contributed by atoms with Gasteiger partial charge in [0.25, 0.3) is 5.56 Å². The number of carboxylic acid groups (broad SMARTS) is 1. The van der Waals surface area contributed by atoms with E-state index in [1.54, 1.807) is 13.8 Å². The lowest BCUT2D eigenvalue weighted by atomic mass is 10.1. The summed E-state index contributed by atoms with van der Waals surface area (Å²) in [5.41, 5.74) is -0.432. The Bertz CT molecular complexity index is 738. The van der Waals surface area contributed by atoms with Crippen LogP contribution in [0, 0.1) is 0 Å². The maximum absolute atomic E-state index is 12.2. The minimum absolute atomic E-state index is 0.120. The van der Waals surface area contributed by atoms with Gasteiger partial charge in [0, 0.05) is 6.54 Å². The lowest BCUT2D eigenvalue weighted by molar-refractivity contribution is 0.0701. The van der Waals surface area contributed by atoms with Gasteiger partial charge >= 0.3 is 11.7 Å². The summed E-state index contributed by atoms with van der Waals surface area (Å²) in [6.07, 6.45) is 0.437. The van der Waals surface area contributed by atoms with Gasteiger partial charge < -0.3 is 5.11 Å². The fourth-order valence-electron chi connectivity index (χ4n) is 1.97. The highest BCUT2D eigenvalue weighted by molar-refractivity contribution is 7.20. The van der Waals surface area contributed by atoms with Crippen molar-refractivity contribution in [1.82, 2.24) is 9.55 Å². The summed E-state index contributed by atoms with van der Waals surface area (Å²) >= 11 is 0.936. The third-order valence-electron chi connectivity index (χ3n) is 2.80. The first-order valence-electron chi connectivity index (χ1n) is 5.53. The molecule has 0 saturated heterocycles. The molecule has 0 radical (unpaired) electrons. The number of aryl methyl sites for hydroxylation is 1. The molecule has 0 aliphatic rings. The second kappa shape index (κ2) is 4.41. The van der Waals surface area contributed by atoms with Crippen LogP contribution in [0.3, 0.4) is 0 Å². The van der Waals surface area contributed by atoms with Gasteiger partial charge in [-0.05, 0) is 18.9 Å². The lowest BCUT2D eigenvalue weighted by Gasteiger charge is -2.01. The number of H-pyrrole nitrogens is 1. The fraction of sp³-hybridized carbons (Fsp3) is 0.364. The lowest BCUT2D eigenvalue weighted by Crippen LogP contribution is -2.34. The third-order valence-corrected chi connectivity index (χ3v) is 3.93. The molecular formula is C11H12N2O4S. The zero-order valence-electron chi connectivity index (χ0n) is 9.94. The Hall–Kier alpha value is -1.89. The van der Waals surface area contributed by atoms with Crippen molar-refractivity contribution in [3.05, 3.63) is 31.3 Å². The Morgan fingerprint density at radius 1 is 1.39 bits per heavy atom. The number of nitrogens with zero attached hydrogens (tertiary/aromatic N) is 1. The van der Waals surface area contributed by atoms with Gasteiger partial charge in [-0.1, -0.05) is 6.92 Å². The van der Waals surface area contributed by atoms with Crippen molar-refractivity contribution in [2.24, 2.45) is 0 Å². The molecule has 2 aromatic heterocycles. The van der Waals surface area contributed by atoms with E-state index in [4.69, 9.17) is 5.11 Å². The van der Waals surface area contributed by atoms with Crippen LogP contribution in [0.4, 0.5) is 0 Å². The Morgan fingerprint density at radius 3 is 2.56 bits per heavy atom. The minimum Gasteiger partial charge on any atom is -0.477 e. The van der Waals surface area contributed by atoms with Gasteiger partial charge in [0.1, 0.15) is 9.71 Å². The van der Waals surface area contributed by atoms with Crippen LogP contribution in [0.2, 0.25) is 0 Å². The maximum atomic E-state index is 12.2. The summed E-state index contributed by atoms with van der Waals surface area (Å²) < 4.78 is 1.07. The number of aromatic amines is 1. The molecule has 0 bridgehead atoms. The van der Waals surface area contributed by atoms with Gasteiger partial charge in [0.2, 0.25) is 0 Å². The van der Waals surface area contributed by atoms with Crippen molar-refractivity contribution >= 4 is 27.5 Å². The molecule has 96 valence electrons. The number of aromatic carboxylic acids is 1. The van der Waals surface area contributed by atoms with Crippen LogP contribution in [-0.2, 0) is 13.0 Å². The predicted molar refractivity (Wildman–Crippen MR) is 68.7 cm³/mol. The number of carboxylic acids is 1. The van der Waals surface area contributed by atoms with Crippen LogP contribution in [0.15, 0.2) is 9.59 Å². The summed E-state index contributed by atoms with van der Waals surface area (Å²) in [7, 11) is 0. The van der Waals surface area contributed by atoms with E-state index < -0.39 is 17.2 Å². The third kappa shape index (κ3) is 1.67. The minimum atomic E-state index is -1.07. The number of carbonyl (C=O) groups is 1. The predicted octanol–water partition coefficient (Wildman–Crippen LogP) is 1.03. The molecule has 0 amide bonds. The Morgan fingerprint density at radius 2 is 2.06 bits per heavy atom. The van der Waals surface area contributed by atoms with Crippen molar-refractivity contribution in [3.8, 4) is 0 Å². The van der Waals surface area contributed by atoms with Crippen molar-refractivity contribution in [2.45, 2.75) is 26.8 Å². The Kier molecular flexibility index (Phi) is 3.08. The van der Waals surface area contributed by atoms with E-state index in [0.29, 0.717) is 22.2 Å². The largest absolute Gasteiger partial charge is 0.477 e. The first-order chi connectivity index (χ1) is 8.51. The Balaban J connectivity index is 3.00. The molecule has 2 rings (SSSR count). The number of hydrogen-bond donors (Lipinski definition) is 2. The number of fused-ring (bicyclic) bond motifs is 1. The van der Waals surface area contributed by atoms with Crippen molar-refractivity contribution in [3.63, 3.8) is 0 Å². The monoisotopic (exact) mass is 268 g/mol. The molecule has 7 heteroatoms. The van der Waals surface area contributed by atoms with E-state index in [1.165, 1.54) is 0 Å². The van der Waals surface area contributed by atoms with Crippen molar-refractivity contribution in [2.75, 3.05) is 0 Å². The Labute approximate surface area is 106 Å². The second-order valence-electron chi connectivity index (χ2n) is 3.75. The quantitative estimate of drug-likeness (QED) is 0.869. The van der Waals surface area contributed by atoms with Gasteiger partial charge in [-0.3, -0.25) is 14.3 Å². The molecule has 0 fully saturated rings. The number of aromatic nitrogens is 2. The van der Waals surface area contributed by atoms with E-state index in [9.17, 15) is 14.4 Å². The summed E-state index contributed by atoms with van der Waals surface area (Å²) in [4.78, 5) is 37.9. The zero-order chi connectivity index (χ0) is 13.4. The van der Waals surface area contributed by atoms with Crippen molar-refractivity contribution in [1.29, 1.82) is 0 Å². The van der Waals surface area contributed by atoms with E-state index in [-0.39, 0.29) is 11.4 Å². The molecule has 0 aliphatic carbocycles. The molecule has 0 aliphatic heterocycles. The number of hydrogen-bond acceptors (Lipinski definition) is 4. The second-order valence-corrected chi connectivity index (χ2v) is 4.77. The standard InChI is InChI=1S/C11H12N2O4S/c1-3-5-6-8(18-7(5)10(15)16)12-11(17)13(4-2)9(6)14/h3-4H2,1-2H3,(H,12,17)(H,15,16). The summed E-state index contributed by atoms with van der Waals surface area (Å²) in [5.74, 6) is -1.07. The van der Waals surface area contributed by atoms with Crippen LogP contribution in [0.1, 0.15) is 29.1 Å². The molecule has 2 N–H and O–H groups in total. The molecule has 0 spiro atoms. The van der Waals surface area contributed by atoms with Crippen LogP contribution in [-0.4, -0.2) is 20.6 Å². The topological polar surface area (TPSA) is 92.2 Å². The van der Waals surface area contributed by atoms with Gasteiger partial charge in [0.05, 0.1) is 5.39 Å². The summed E-state index contributed by atoms with van der Waals surface area (Å²) in [5, 5.41) is 9.41. The molecule has 0 unspecified atom stereocenters. The summed E-state index contributed by atoms with van der Waals surface area (Å²) in [6, 6.07) is 0. The zero-order valence-corrected chi connectivity index (χ0v) is 10.8. The highest BCUT2D eigenvalue weighted by Gasteiger charge is 2.20. The molecule has 0 atom stereocenters. The molecule has 18 heavy (non-hydrogen) atoms. The molecule has 2 aromatic rings. The van der Waals surface area contributed by atoms with Crippen LogP contribution >= 0.6 is 11.3 Å². The van der Waals surface area contributed by atoms with E-state index in [0.717, 1.165) is 15.9 Å². The SMILES string of the molecule is CCc1c(C(=O)O)sc2[nH]c(=O)n(CC)c(=O)c12. The summed E-state index contributed by atoms with van der Waals surface area (Å²) in [6.45, 7) is 3.73.